The number of pyridine rings is 1. The Morgan fingerprint density at radius 3 is 2.47 bits per heavy atom. The Morgan fingerprint density at radius 1 is 1.32 bits per heavy atom. The van der Waals surface area contributed by atoms with Gasteiger partial charge in [-0.1, -0.05) is 6.07 Å². The molecule has 0 bridgehead atoms. The third-order valence-corrected chi connectivity index (χ3v) is 2.32. The minimum Gasteiger partial charge on any atom is -0.444 e. The third kappa shape index (κ3) is 5.07. The van der Waals surface area contributed by atoms with Gasteiger partial charge in [-0.2, -0.15) is 0 Å². The van der Waals surface area contributed by atoms with Crippen LogP contribution in [0.2, 0.25) is 0 Å². The average molecular weight is 264 g/mol. The van der Waals surface area contributed by atoms with Crippen LogP contribution >= 0.6 is 0 Å². The zero-order chi connectivity index (χ0) is 14.5. The van der Waals surface area contributed by atoms with Gasteiger partial charge in [0.2, 0.25) is 5.78 Å². The van der Waals surface area contributed by atoms with Gasteiger partial charge in [-0.15, -0.1) is 0 Å². The first kappa shape index (κ1) is 15.1. The van der Waals surface area contributed by atoms with Crippen molar-refractivity contribution in [1.82, 2.24) is 9.88 Å². The summed E-state index contributed by atoms with van der Waals surface area (Å²) in [5.41, 5.74) is -0.219. The van der Waals surface area contributed by atoms with Crippen LogP contribution in [-0.4, -0.2) is 40.5 Å². The van der Waals surface area contributed by atoms with Crippen molar-refractivity contribution in [3.05, 3.63) is 30.1 Å². The van der Waals surface area contributed by atoms with Gasteiger partial charge >= 0.3 is 6.09 Å². The maximum Gasteiger partial charge on any atom is 0.410 e. The molecule has 1 amide bonds. The van der Waals surface area contributed by atoms with Crippen LogP contribution in [0.1, 0.15) is 38.2 Å². The summed E-state index contributed by atoms with van der Waals surface area (Å²) >= 11 is 0. The molecule has 0 aliphatic rings. The number of ether oxygens (including phenoxy) is 1. The lowest BCUT2D eigenvalue weighted by Crippen LogP contribution is -2.39. The Bertz CT molecular complexity index is 438. The Hall–Kier alpha value is -1.91. The van der Waals surface area contributed by atoms with E-state index in [2.05, 4.69) is 4.98 Å². The molecule has 5 heteroatoms. The molecule has 0 saturated carbocycles. The van der Waals surface area contributed by atoms with Crippen molar-refractivity contribution >= 4 is 11.9 Å². The van der Waals surface area contributed by atoms with E-state index in [4.69, 9.17) is 4.74 Å². The van der Waals surface area contributed by atoms with Crippen molar-refractivity contribution in [2.45, 2.75) is 33.3 Å². The lowest BCUT2D eigenvalue weighted by Gasteiger charge is -2.26. The summed E-state index contributed by atoms with van der Waals surface area (Å²) < 4.78 is 5.24. The van der Waals surface area contributed by atoms with E-state index in [1.54, 1.807) is 52.1 Å². The topological polar surface area (TPSA) is 59.5 Å². The number of Topliss-reactive ketones (excluding diaryl/α,β-unsaturated/α-hetero) is 1. The van der Waals surface area contributed by atoms with Gasteiger partial charge in [0.15, 0.2) is 0 Å². The lowest BCUT2D eigenvalue weighted by molar-refractivity contribution is 0.0257. The maximum absolute atomic E-state index is 12.0. The standard InChI is InChI=1S/C14H20N2O3/c1-5-16(13(18)19-14(2,3)4)10-12(17)11-8-6-7-9-15-11/h6-9H,5,10H2,1-4H3. The van der Waals surface area contributed by atoms with E-state index in [0.717, 1.165) is 0 Å². The van der Waals surface area contributed by atoms with Crippen molar-refractivity contribution in [2.24, 2.45) is 0 Å². The normalized spacial score (nSPS) is 10.9. The molecule has 0 N–H and O–H groups in total. The second kappa shape index (κ2) is 6.31. The molecule has 0 radical (unpaired) electrons. The number of hydrogen-bond acceptors (Lipinski definition) is 4. The summed E-state index contributed by atoms with van der Waals surface area (Å²) in [6.45, 7) is 7.56. The van der Waals surface area contributed by atoms with Crippen LogP contribution in [0.3, 0.4) is 0 Å². The predicted molar refractivity (Wildman–Crippen MR) is 72.0 cm³/mol. The summed E-state index contributed by atoms with van der Waals surface area (Å²) in [6.07, 6.45) is 1.07. The van der Waals surface area contributed by atoms with Crippen LogP contribution in [0, 0.1) is 0 Å². The predicted octanol–water partition coefficient (Wildman–Crippen LogP) is 2.52. The quantitative estimate of drug-likeness (QED) is 0.784. The molecular weight excluding hydrogens is 244 g/mol. The molecule has 0 saturated heterocycles. The number of carbonyl (C=O) groups excluding carboxylic acids is 2. The van der Waals surface area contributed by atoms with E-state index in [0.29, 0.717) is 12.2 Å². The molecule has 0 aliphatic heterocycles. The van der Waals surface area contributed by atoms with Gasteiger partial charge in [0.25, 0.3) is 0 Å². The van der Waals surface area contributed by atoms with Crippen LogP contribution in [0.25, 0.3) is 0 Å². The molecule has 19 heavy (non-hydrogen) atoms. The number of carbonyl (C=O) groups is 2. The zero-order valence-corrected chi connectivity index (χ0v) is 11.8. The second-order valence-corrected chi connectivity index (χ2v) is 5.13. The fourth-order valence-electron chi connectivity index (χ4n) is 1.41. The molecule has 0 aromatic carbocycles. The van der Waals surface area contributed by atoms with Crippen LogP contribution in [0.4, 0.5) is 4.79 Å². The molecular formula is C14H20N2O3. The monoisotopic (exact) mass is 264 g/mol. The molecule has 0 spiro atoms. The molecule has 5 nitrogen and oxygen atoms in total. The molecule has 1 aromatic rings. The number of aromatic nitrogens is 1. The molecule has 0 unspecified atom stereocenters. The minimum absolute atomic E-state index is 0.0254. The van der Waals surface area contributed by atoms with Gasteiger partial charge in [-0.05, 0) is 39.8 Å². The summed E-state index contributed by atoms with van der Waals surface area (Å²) in [4.78, 5) is 29.2. The summed E-state index contributed by atoms with van der Waals surface area (Å²) in [5.74, 6) is -0.201. The van der Waals surface area contributed by atoms with Crippen molar-refractivity contribution in [3.8, 4) is 0 Å². The number of nitrogens with zero attached hydrogens (tertiary/aromatic N) is 2. The van der Waals surface area contributed by atoms with E-state index in [-0.39, 0.29) is 12.3 Å². The number of likely N-dealkylation sites (N-methyl/N-ethyl adjacent to an activating group) is 1. The van der Waals surface area contributed by atoms with Crippen molar-refractivity contribution in [3.63, 3.8) is 0 Å². The Kier molecular flexibility index (Phi) is 5.03. The number of rotatable bonds is 4. The molecule has 1 aromatic heterocycles. The second-order valence-electron chi connectivity index (χ2n) is 5.13. The summed E-state index contributed by atoms with van der Waals surface area (Å²) in [6, 6.07) is 5.11. The van der Waals surface area contributed by atoms with E-state index < -0.39 is 11.7 Å². The van der Waals surface area contributed by atoms with E-state index in [9.17, 15) is 9.59 Å². The van der Waals surface area contributed by atoms with Crippen LogP contribution in [0.15, 0.2) is 24.4 Å². The van der Waals surface area contributed by atoms with Crippen LogP contribution < -0.4 is 0 Å². The third-order valence-electron chi connectivity index (χ3n) is 2.32. The Balaban J connectivity index is 2.67. The summed E-state index contributed by atoms with van der Waals surface area (Å²) in [5, 5.41) is 0. The Morgan fingerprint density at radius 2 is 2.00 bits per heavy atom. The van der Waals surface area contributed by atoms with Crippen LogP contribution in [0.5, 0.6) is 0 Å². The average Bonchev–Trinajstić information content (AvgIpc) is 2.34. The first-order valence-electron chi connectivity index (χ1n) is 6.25. The smallest absolute Gasteiger partial charge is 0.410 e. The highest BCUT2D eigenvalue weighted by molar-refractivity contribution is 5.97. The number of amides is 1. The first-order chi connectivity index (χ1) is 8.83. The van der Waals surface area contributed by atoms with Gasteiger partial charge in [-0.25, -0.2) is 4.79 Å². The lowest BCUT2D eigenvalue weighted by atomic mass is 10.2. The zero-order valence-electron chi connectivity index (χ0n) is 11.8. The van der Waals surface area contributed by atoms with Crippen molar-refractivity contribution in [2.75, 3.05) is 13.1 Å². The molecule has 1 rings (SSSR count). The van der Waals surface area contributed by atoms with E-state index >= 15 is 0 Å². The fourth-order valence-corrected chi connectivity index (χ4v) is 1.41. The summed E-state index contributed by atoms with van der Waals surface area (Å²) in [7, 11) is 0. The molecule has 104 valence electrons. The highest BCUT2D eigenvalue weighted by Gasteiger charge is 2.23. The van der Waals surface area contributed by atoms with Gasteiger partial charge in [-0.3, -0.25) is 9.78 Å². The van der Waals surface area contributed by atoms with E-state index in [1.807, 2.05) is 0 Å². The SMILES string of the molecule is CCN(CC(=O)c1ccccn1)C(=O)OC(C)(C)C. The molecule has 1 heterocycles. The minimum atomic E-state index is -0.571. The van der Waals surface area contributed by atoms with Gasteiger partial charge in [0, 0.05) is 12.7 Å². The highest BCUT2D eigenvalue weighted by atomic mass is 16.6. The largest absolute Gasteiger partial charge is 0.444 e. The molecule has 0 atom stereocenters. The number of ketones is 1. The number of hydrogen-bond donors (Lipinski definition) is 0. The van der Waals surface area contributed by atoms with Crippen LogP contribution in [-0.2, 0) is 4.74 Å². The fraction of sp³-hybridized carbons (Fsp3) is 0.500. The van der Waals surface area contributed by atoms with Gasteiger partial charge < -0.3 is 9.64 Å². The van der Waals surface area contributed by atoms with Gasteiger partial charge in [0.05, 0.1) is 6.54 Å². The van der Waals surface area contributed by atoms with E-state index in [1.165, 1.54) is 4.90 Å². The maximum atomic E-state index is 12.0. The van der Waals surface area contributed by atoms with Gasteiger partial charge in [0.1, 0.15) is 11.3 Å². The molecule has 0 fully saturated rings. The molecule has 0 aliphatic carbocycles. The van der Waals surface area contributed by atoms with Crippen molar-refractivity contribution < 1.29 is 14.3 Å². The highest BCUT2D eigenvalue weighted by Crippen LogP contribution is 2.10. The first-order valence-corrected chi connectivity index (χ1v) is 6.25. The van der Waals surface area contributed by atoms with Crippen molar-refractivity contribution in [1.29, 1.82) is 0 Å². The Labute approximate surface area is 113 Å².